The molecule has 0 heterocycles. The number of benzene rings is 1. The van der Waals surface area contributed by atoms with E-state index in [2.05, 4.69) is 0 Å². The Morgan fingerprint density at radius 1 is 1.42 bits per heavy atom. The Bertz CT molecular complexity index is 271. The van der Waals surface area contributed by atoms with Gasteiger partial charge in [0.25, 0.3) is 0 Å². The average Bonchev–Trinajstić information content (AvgIpc) is 1.98. The second kappa shape index (κ2) is 4.13. The summed E-state index contributed by atoms with van der Waals surface area (Å²) < 4.78 is 0. The van der Waals surface area contributed by atoms with E-state index >= 15 is 0 Å². The van der Waals surface area contributed by atoms with Gasteiger partial charge in [-0.05, 0) is 25.0 Å². The van der Waals surface area contributed by atoms with E-state index in [9.17, 15) is 0 Å². The van der Waals surface area contributed by atoms with Crippen molar-refractivity contribution in [2.24, 2.45) is 0 Å². The molecule has 1 rings (SSSR count). The number of rotatable bonds is 2. The van der Waals surface area contributed by atoms with E-state index in [1.54, 1.807) is 13.0 Å². The van der Waals surface area contributed by atoms with E-state index < -0.39 is 0 Å². The Balaban J connectivity index is 2.92. The van der Waals surface area contributed by atoms with Crippen molar-refractivity contribution < 1.29 is 5.11 Å². The minimum atomic E-state index is -0.388. The zero-order valence-corrected chi connectivity index (χ0v) is 8.23. The Morgan fingerprint density at radius 3 is 2.67 bits per heavy atom. The normalized spacial score (nSPS) is 13.0. The Morgan fingerprint density at radius 2 is 2.08 bits per heavy atom. The molecule has 0 bridgehead atoms. The molecule has 0 aromatic heterocycles. The summed E-state index contributed by atoms with van der Waals surface area (Å²) >= 11 is 11.7. The van der Waals surface area contributed by atoms with Crippen molar-refractivity contribution >= 4 is 23.2 Å². The topological polar surface area (TPSA) is 20.2 Å². The Hall–Kier alpha value is -0.240. The fraction of sp³-hybridized carbons (Fsp3) is 0.333. The number of aliphatic hydroxyl groups excluding tert-OH is 1. The fourth-order valence-corrected chi connectivity index (χ4v) is 1.42. The van der Waals surface area contributed by atoms with Crippen LogP contribution >= 0.6 is 23.2 Å². The Labute approximate surface area is 81.9 Å². The van der Waals surface area contributed by atoms with Crippen molar-refractivity contribution in [2.45, 2.75) is 19.4 Å². The Kier molecular flexibility index (Phi) is 3.39. The van der Waals surface area contributed by atoms with Gasteiger partial charge < -0.3 is 5.11 Å². The predicted molar refractivity (Wildman–Crippen MR) is 51.8 cm³/mol. The molecular formula is C9H10Cl2O. The molecule has 0 saturated heterocycles. The van der Waals surface area contributed by atoms with Gasteiger partial charge >= 0.3 is 0 Å². The van der Waals surface area contributed by atoms with Gasteiger partial charge in [-0.15, -0.1) is 0 Å². The molecule has 0 fully saturated rings. The number of hydrogen-bond donors (Lipinski definition) is 1. The molecule has 0 aliphatic rings. The molecule has 12 heavy (non-hydrogen) atoms. The molecule has 0 aliphatic carbocycles. The third-order valence-electron chi connectivity index (χ3n) is 1.55. The van der Waals surface area contributed by atoms with Gasteiger partial charge in [0.1, 0.15) is 0 Å². The molecule has 0 radical (unpaired) electrons. The van der Waals surface area contributed by atoms with Crippen LogP contribution < -0.4 is 0 Å². The molecule has 1 nitrogen and oxygen atoms in total. The van der Waals surface area contributed by atoms with Crippen LogP contribution in [0.5, 0.6) is 0 Å². The fourth-order valence-electron chi connectivity index (χ4n) is 1.02. The van der Waals surface area contributed by atoms with Crippen molar-refractivity contribution in [1.82, 2.24) is 0 Å². The number of halogens is 2. The molecule has 1 aromatic rings. The second-order valence-electron chi connectivity index (χ2n) is 2.77. The van der Waals surface area contributed by atoms with Crippen LogP contribution in [0.25, 0.3) is 0 Å². The SMILES string of the molecule is CC(O)Cc1cccc(Cl)c1Cl. The standard InChI is InChI=1S/C9H10Cl2O/c1-6(12)5-7-3-2-4-8(10)9(7)11/h2-4,6,12H,5H2,1H3. The minimum absolute atomic E-state index is 0.388. The van der Waals surface area contributed by atoms with Crippen molar-refractivity contribution in [3.63, 3.8) is 0 Å². The lowest BCUT2D eigenvalue weighted by molar-refractivity contribution is 0.195. The van der Waals surface area contributed by atoms with Crippen LogP contribution in [0.1, 0.15) is 12.5 Å². The van der Waals surface area contributed by atoms with Crippen LogP contribution in [0, 0.1) is 0 Å². The highest BCUT2D eigenvalue weighted by Crippen LogP contribution is 2.26. The zero-order chi connectivity index (χ0) is 9.14. The maximum atomic E-state index is 9.12. The summed E-state index contributed by atoms with van der Waals surface area (Å²) in [6, 6.07) is 5.42. The van der Waals surface area contributed by atoms with Gasteiger partial charge in [0.15, 0.2) is 0 Å². The first-order valence-electron chi connectivity index (χ1n) is 3.72. The van der Waals surface area contributed by atoms with Gasteiger partial charge in [-0.3, -0.25) is 0 Å². The van der Waals surface area contributed by atoms with Crippen LogP contribution in [-0.2, 0) is 6.42 Å². The zero-order valence-electron chi connectivity index (χ0n) is 6.72. The lowest BCUT2D eigenvalue weighted by atomic mass is 10.1. The third kappa shape index (κ3) is 2.37. The third-order valence-corrected chi connectivity index (χ3v) is 2.40. The molecule has 1 atom stereocenters. The largest absolute Gasteiger partial charge is 0.393 e. The van der Waals surface area contributed by atoms with Gasteiger partial charge in [0, 0.05) is 0 Å². The first-order valence-corrected chi connectivity index (χ1v) is 4.48. The quantitative estimate of drug-likeness (QED) is 0.786. The number of hydrogen-bond acceptors (Lipinski definition) is 1. The van der Waals surface area contributed by atoms with E-state index in [1.807, 2.05) is 12.1 Å². The van der Waals surface area contributed by atoms with E-state index in [-0.39, 0.29) is 6.10 Å². The molecule has 1 N–H and O–H groups in total. The van der Waals surface area contributed by atoms with Crippen LogP contribution in [0.2, 0.25) is 10.0 Å². The summed E-state index contributed by atoms with van der Waals surface area (Å²) in [5, 5.41) is 10.2. The summed E-state index contributed by atoms with van der Waals surface area (Å²) in [4.78, 5) is 0. The first kappa shape index (κ1) is 9.85. The minimum Gasteiger partial charge on any atom is -0.393 e. The smallest absolute Gasteiger partial charge is 0.0625 e. The molecule has 1 unspecified atom stereocenters. The summed E-state index contributed by atoms with van der Waals surface area (Å²) in [7, 11) is 0. The number of aliphatic hydroxyl groups is 1. The van der Waals surface area contributed by atoms with Crippen molar-refractivity contribution in [3.8, 4) is 0 Å². The van der Waals surface area contributed by atoms with Crippen LogP contribution in [0.15, 0.2) is 18.2 Å². The summed E-state index contributed by atoms with van der Waals surface area (Å²) in [5.74, 6) is 0. The van der Waals surface area contributed by atoms with Crippen molar-refractivity contribution in [2.75, 3.05) is 0 Å². The highest BCUT2D eigenvalue weighted by Gasteiger charge is 2.06. The maximum absolute atomic E-state index is 9.12. The molecule has 0 amide bonds. The first-order chi connectivity index (χ1) is 5.61. The molecule has 66 valence electrons. The predicted octanol–water partition coefficient (Wildman–Crippen LogP) is 2.92. The summed E-state index contributed by atoms with van der Waals surface area (Å²) in [5.41, 5.74) is 0.888. The molecule has 1 aromatic carbocycles. The van der Waals surface area contributed by atoms with Crippen LogP contribution in [0.4, 0.5) is 0 Å². The van der Waals surface area contributed by atoms with Gasteiger partial charge in [-0.2, -0.15) is 0 Å². The van der Waals surface area contributed by atoms with Gasteiger partial charge in [0.05, 0.1) is 16.1 Å². The molecule has 0 saturated carbocycles. The second-order valence-corrected chi connectivity index (χ2v) is 3.55. The summed E-state index contributed by atoms with van der Waals surface area (Å²) in [6.07, 6.45) is 0.153. The average molecular weight is 205 g/mol. The van der Waals surface area contributed by atoms with Crippen LogP contribution in [0.3, 0.4) is 0 Å². The van der Waals surface area contributed by atoms with E-state index in [4.69, 9.17) is 28.3 Å². The molecule has 0 spiro atoms. The van der Waals surface area contributed by atoms with E-state index in [0.29, 0.717) is 16.5 Å². The lowest BCUT2D eigenvalue weighted by Crippen LogP contribution is -2.04. The monoisotopic (exact) mass is 204 g/mol. The van der Waals surface area contributed by atoms with Gasteiger partial charge in [-0.25, -0.2) is 0 Å². The molecule has 3 heteroatoms. The van der Waals surface area contributed by atoms with Crippen molar-refractivity contribution in [1.29, 1.82) is 0 Å². The lowest BCUT2D eigenvalue weighted by Gasteiger charge is -2.06. The highest BCUT2D eigenvalue weighted by atomic mass is 35.5. The van der Waals surface area contributed by atoms with Crippen molar-refractivity contribution in [3.05, 3.63) is 33.8 Å². The van der Waals surface area contributed by atoms with E-state index in [0.717, 1.165) is 5.56 Å². The maximum Gasteiger partial charge on any atom is 0.0625 e. The van der Waals surface area contributed by atoms with Crippen LogP contribution in [-0.4, -0.2) is 11.2 Å². The molecular weight excluding hydrogens is 195 g/mol. The highest BCUT2D eigenvalue weighted by molar-refractivity contribution is 6.42. The van der Waals surface area contributed by atoms with Gasteiger partial charge in [0.2, 0.25) is 0 Å². The molecule has 0 aliphatic heterocycles. The van der Waals surface area contributed by atoms with Gasteiger partial charge in [-0.1, -0.05) is 35.3 Å². The summed E-state index contributed by atoms with van der Waals surface area (Å²) in [6.45, 7) is 1.72. The van der Waals surface area contributed by atoms with E-state index in [1.165, 1.54) is 0 Å².